The van der Waals surface area contributed by atoms with Gasteiger partial charge in [-0.3, -0.25) is 15.0 Å². The van der Waals surface area contributed by atoms with Gasteiger partial charge in [-0.15, -0.1) is 11.8 Å². The van der Waals surface area contributed by atoms with Crippen molar-refractivity contribution in [3.63, 3.8) is 0 Å². The first-order chi connectivity index (χ1) is 40.7. The first-order valence-corrected chi connectivity index (χ1v) is 57.2. The molecule has 0 radical (unpaired) electrons. The molecular weight excluding hydrogens is 1870 g/mol. The van der Waals surface area contributed by atoms with Gasteiger partial charge in [0.25, 0.3) is 0 Å². The average molecular weight is 1940 g/mol. The Morgan fingerprint density at radius 1 is 0.477 bits per heavy atom. The Hall–Kier alpha value is -1.40. The molecule has 3 heterocycles. The van der Waals surface area contributed by atoms with Gasteiger partial charge in [0.1, 0.15) is 0 Å². The summed E-state index contributed by atoms with van der Waals surface area (Å²) in [6.07, 6.45) is 12.2. The number of hydrogen-bond donors (Lipinski definition) is 0. The molecule has 0 atom stereocenters. The molecule has 0 bridgehead atoms. The van der Waals surface area contributed by atoms with Crippen LogP contribution in [0, 0.1) is 6.92 Å². The summed E-state index contributed by atoms with van der Waals surface area (Å²) < 4.78 is 0. The maximum absolute atomic E-state index is 4.72. The molecule has 447 valence electrons. The molecule has 0 aliphatic rings. The molecule has 0 saturated carbocycles. The molecule has 10 rings (SSSR count). The zero-order valence-electron chi connectivity index (χ0n) is 51.6. The summed E-state index contributed by atoms with van der Waals surface area (Å²) in [5.74, 6) is 0. The second-order valence-corrected chi connectivity index (χ2v) is 75.0. The number of nitrogens with zero attached hydrogens (tertiary/aromatic N) is 3. The van der Waals surface area contributed by atoms with Crippen LogP contribution in [0.15, 0.2) is 199 Å². The molecule has 0 spiro atoms. The van der Waals surface area contributed by atoms with Crippen molar-refractivity contribution in [2.24, 2.45) is 0 Å². The van der Waals surface area contributed by atoms with Crippen molar-refractivity contribution in [3.05, 3.63) is 233 Å². The number of fused-ring (bicyclic) bond motifs is 3. The van der Waals surface area contributed by atoms with E-state index in [1.165, 1.54) is 105 Å². The standard InChI is InChI=1S/C29H29NS.C23H25N.C20H21N.CH2.6HI.3V/c1-20(22-11-13-26(31-5)14-12-22)16-21-8-6-9-23(17-21)27-19-25(29(2,3)4)18-24-10-7-15-30-28(24)27;1-16(2)12-17-8-6-9-18(13-17)21-15-20(23(3,4)5)14-19-10-7-11-24-22(19)21;1-14-7-5-8-15(11-14)18-13-17(20(2,3)4)12-16-9-6-10-21-19(16)18;;;;;;;;;;/h6-19H,1-5H3;6-15H,1-5H3;5-13H,1-4H3;1H2;6*1H;;;/q;;;;;;;;;;+1;+2;+3/p-6/b20-16-;;;;;;;;;;;;. The summed E-state index contributed by atoms with van der Waals surface area (Å²) in [5, 5.41) is 7.17. The van der Waals surface area contributed by atoms with Gasteiger partial charge in [-0.1, -0.05) is 177 Å². The minimum absolute atomic E-state index is 0.0792. The van der Waals surface area contributed by atoms with E-state index < -0.39 is 0 Å². The van der Waals surface area contributed by atoms with Crippen LogP contribution < -0.4 is 0 Å². The number of thioether (sulfide) groups is 1. The molecule has 0 N–H and O–H groups in total. The molecular formula is C73H77I6N3SV3. The van der Waals surface area contributed by atoms with E-state index in [0.29, 0.717) is 21.9 Å². The second kappa shape index (κ2) is 36.7. The number of rotatable bonds is 7. The first kappa shape index (κ1) is 75.3. The molecule has 0 saturated heterocycles. The number of pyridine rings is 3. The van der Waals surface area contributed by atoms with Crippen LogP contribution in [0.4, 0.5) is 0 Å². The van der Waals surface area contributed by atoms with Crippen LogP contribution >= 0.6 is 132 Å². The first-order valence-electron chi connectivity index (χ1n) is 27.9. The Bertz CT molecular complexity index is 3900. The summed E-state index contributed by atoms with van der Waals surface area (Å²) in [5.41, 5.74) is 22.4. The molecule has 0 aliphatic carbocycles. The summed E-state index contributed by atoms with van der Waals surface area (Å²) >= 11 is 16.6. The fraction of sp³-hybridized carbons (Fsp3) is 0.233. The Labute approximate surface area is 603 Å². The van der Waals surface area contributed by atoms with Crippen LogP contribution in [0.25, 0.3) is 83.8 Å². The predicted molar refractivity (Wildman–Crippen MR) is 425 cm³/mol. The maximum atomic E-state index is 4.72. The molecule has 3 aromatic heterocycles. The van der Waals surface area contributed by atoms with Gasteiger partial charge in [0.15, 0.2) is 0 Å². The number of hydrogen-bond acceptors (Lipinski definition) is 4. The Kier molecular flexibility index (Phi) is 32.2. The normalized spacial score (nSPS) is 11.3. The van der Waals surface area contributed by atoms with Crippen molar-refractivity contribution < 1.29 is 26.8 Å². The topological polar surface area (TPSA) is 38.7 Å². The van der Waals surface area contributed by atoms with Crippen LogP contribution in [0.3, 0.4) is 0 Å². The molecule has 7 aromatic carbocycles. The van der Waals surface area contributed by atoms with Gasteiger partial charge in [0.2, 0.25) is 0 Å². The predicted octanol–water partition coefficient (Wildman–Crippen LogP) is 25.9. The third-order valence-corrected chi connectivity index (χ3v) is 14.6. The third-order valence-electron chi connectivity index (χ3n) is 13.8. The van der Waals surface area contributed by atoms with Gasteiger partial charge in [-0.05, 0) is 185 Å². The van der Waals surface area contributed by atoms with Crippen molar-refractivity contribution in [2.45, 2.75) is 111 Å². The fourth-order valence-electron chi connectivity index (χ4n) is 9.46. The van der Waals surface area contributed by atoms with Crippen molar-refractivity contribution in [1.82, 2.24) is 15.0 Å². The Balaban J connectivity index is 0.000000221. The van der Waals surface area contributed by atoms with Gasteiger partial charge in [0.05, 0.1) is 16.6 Å². The SMILES string of the molecule is CC(C)=Cc1cccc(-c2cc(C(C)(C)C)cc3cccnc23)c1.CSc1ccc(/C(C)=C\c2cccc(-c3cc(C(C)(C)C)cc4cccnc34)c2)cc1.Cc1cccc(-c2cc(C(C)(C)C)cc3cccnc23)c1.[CH2]=[V][I].[I][V]([I])[I].[I][V][I]. The quantitative estimate of drug-likeness (QED) is 0.0906. The van der Waals surface area contributed by atoms with Gasteiger partial charge in [0, 0.05) is 56.3 Å². The number of halogens is 6. The van der Waals surface area contributed by atoms with E-state index in [9.17, 15) is 0 Å². The van der Waals surface area contributed by atoms with Crippen LogP contribution in [0.1, 0.15) is 122 Å². The number of aryl methyl sites for hydroxylation is 1. The summed E-state index contributed by atoms with van der Waals surface area (Å²) in [6, 6.07) is 61.1. The molecule has 0 fully saturated rings. The van der Waals surface area contributed by atoms with Gasteiger partial charge in [-0.2, -0.15) is 0 Å². The van der Waals surface area contributed by atoms with E-state index in [1.807, 2.05) is 36.8 Å². The Morgan fingerprint density at radius 2 is 0.814 bits per heavy atom. The van der Waals surface area contributed by atoms with E-state index in [0.717, 1.165) is 16.6 Å². The van der Waals surface area contributed by atoms with Crippen LogP contribution in [0.5, 0.6) is 0 Å². The molecule has 0 unspecified atom stereocenters. The average Bonchev–Trinajstić information content (AvgIpc) is 1.23. The number of aromatic nitrogens is 3. The fourth-order valence-corrected chi connectivity index (χ4v) is 9.87. The van der Waals surface area contributed by atoms with Crippen LogP contribution in [0.2, 0.25) is 0 Å². The van der Waals surface area contributed by atoms with Gasteiger partial charge < -0.3 is 0 Å². The minimum atomic E-state index is -0.278. The van der Waals surface area contributed by atoms with E-state index in [-0.39, 0.29) is 21.2 Å². The molecule has 3 nitrogen and oxygen atoms in total. The summed E-state index contributed by atoms with van der Waals surface area (Å²) in [4.78, 5) is 15.0. The van der Waals surface area contributed by atoms with Crippen molar-refractivity contribution in [1.29, 1.82) is 0 Å². The summed E-state index contributed by atoms with van der Waals surface area (Å²) in [7, 11) is 0.628. The van der Waals surface area contributed by atoms with Crippen LogP contribution in [-0.2, 0) is 43.1 Å². The van der Waals surface area contributed by atoms with Crippen LogP contribution in [-0.4, -0.2) is 26.4 Å². The third kappa shape index (κ3) is 23.9. The molecule has 10 aromatic rings. The van der Waals surface area contributed by atoms with Crippen molar-refractivity contribution in [3.8, 4) is 33.4 Å². The van der Waals surface area contributed by atoms with E-state index in [2.05, 4.69) is 395 Å². The zero-order chi connectivity index (χ0) is 63.4. The van der Waals surface area contributed by atoms with E-state index in [4.69, 9.17) is 4.98 Å². The van der Waals surface area contributed by atoms with Crippen molar-refractivity contribution in [2.75, 3.05) is 6.26 Å². The van der Waals surface area contributed by atoms with Crippen molar-refractivity contribution >= 4 is 187 Å². The molecule has 86 heavy (non-hydrogen) atoms. The second-order valence-electron chi connectivity index (χ2n) is 23.8. The van der Waals surface area contributed by atoms with Gasteiger partial charge in [-0.25, -0.2) is 0 Å². The summed E-state index contributed by atoms with van der Waals surface area (Å²) in [6.45, 7) is 28.9. The van der Waals surface area contributed by atoms with Gasteiger partial charge >= 0.3 is 152 Å². The monoisotopic (exact) mass is 1940 g/mol. The van der Waals surface area contributed by atoms with E-state index in [1.54, 1.807) is 11.8 Å². The van der Waals surface area contributed by atoms with E-state index >= 15 is 0 Å². The zero-order valence-corrected chi connectivity index (χ0v) is 69.6. The molecule has 13 heteroatoms. The number of benzene rings is 7. The number of allylic oxidation sites excluding steroid dienone is 2. The Morgan fingerprint density at radius 3 is 1.14 bits per heavy atom. The molecule has 0 amide bonds. The molecule has 0 aliphatic heterocycles.